The van der Waals surface area contributed by atoms with Crippen molar-refractivity contribution < 1.29 is 19.4 Å². The zero-order valence-corrected chi connectivity index (χ0v) is 14.3. The maximum atomic E-state index is 11.9. The number of carbonyl (C=O) groups is 2. The summed E-state index contributed by atoms with van der Waals surface area (Å²) < 4.78 is 5.58. The van der Waals surface area contributed by atoms with E-state index in [0.717, 1.165) is 51.4 Å². The van der Waals surface area contributed by atoms with E-state index in [1.165, 1.54) is 0 Å². The number of aliphatic carboxylic acids is 1. The van der Waals surface area contributed by atoms with Crippen LogP contribution in [0.25, 0.3) is 0 Å². The van der Waals surface area contributed by atoms with Crippen molar-refractivity contribution in [3.8, 4) is 0 Å². The molecule has 1 N–H and O–H groups in total. The van der Waals surface area contributed by atoms with Crippen molar-refractivity contribution >= 4 is 11.9 Å². The van der Waals surface area contributed by atoms with Crippen LogP contribution < -0.4 is 0 Å². The number of carboxylic acid groups (broad SMARTS) is 1. The fraction of sp³-hybridized carbons (Fsp3) is 0.684. The first kappa shape index (κ1) is 21.4. The predicted molar refractivity (Wildman–Crippen MR) is 93.3 cm³/mol. The van der Waals surface area contributed by atoms with Crippen LogP contribution in [0.15, 0.2) is 25.3 Å². The molecule has 0 aromatic carbocycles. The second-order valence-electron chi connectivity index (χ2n) is 5.86. The first-order chi connectivity index (χ1) is 11.1. The Morgan fingerprint density at radius 3 is 1.87 bits per heavy atom. The van der Waals surface area contributed by atoms with E-state index < -0.39 is 5.97 Å². The number of carbonyl (C=O) groups excluding carboxylic acids is 1. The summed E-state index contributed by atoms with van der Waals surface area (Å²) in [6.45, 7) is 7.43. The highest BCUT2D eigenvalue weighted by molar-refractivity contribution is 5.70. The summed E-state index contributed by atoms with van der Waals surface area (Å²) in [4.78, 5) is 22.3. The van der Waals surface area contributed by atoms with Crippen molar-refractivity contribution in [1.29, 1.82) is 0 Å². The summed E-state index contributed by atoms with van der Waals surface area (Å²) in [5.74, 6) is -1.02. The van der Waals surface area contributed by atoms with Gasteiger partial charge in [-0.25, -0.2) is 0 Å². The Hall–Kier alpha value is -1.58. The van der Waals surface area contributed by atoms with Crippen molar-refractivity contribution in [2.75, 3.05) is 0 Å². The largest absolute Gasteiger partial charge is 0.481 e. The maximum Gasteiger partial charge on any atom is 0.306 e. The summed E-state index contributed by atoms with van der Waals surface area (Å²) in [6, 6.07) is 0. The lowest BCUT2D eigenvalue weighted by molar-refractivity contribution is -0.150. The van der Waals surface area contributed by atoms with Crippen molar-refractivity contribution in [2.45, 2.75) is 83.2 Å². The van der Waals surface area contributed by atoms with Gasteiger partial charge in [0, 0.05) is 12.8 Å². The van der Waals surface area contributed by atoms with Crippen LogP contribution in [-0.4, -0.2) is 23.1 Å². The molecule has 0 amide bonds. The molecule has 0 saturated carbocycles. The molecule has 4 heteroatoms. The van der Waals surface area contributed by atoms with Gasteiger partial charge in [-0.2, -0.15) is 0 Å². The zero-order chi connectivity index (χ0) is 17.3. The number of rotatable bonds is 16. The molecule has 4 nitrogen and oxygen atoms in total. The van der Waals surface area contributed by atoms with Gasteiger partial charge in [-0.3, -0.25) is 9.59 Å². The predicted octanol–water partition coefficient (Wildman–Crippen LogP) is 5.04. The Bertz CT molecular complexity index is 333. The molecule has 0 aliphatic heterocycles. The van der Waals surface area contributed by atoms with Crippen LogP contribution in [0.3, 0.4) is 0 Å². The number of ether oxygens (including phenoxy) is 1. The highest BCUT2D eigenvalue weighted by atomic mass is 16.5. The van der Waals surface area contributed by atoms with Crippen molar-refractivity contribution in [3.63, 3.8) is 0 Å². The number of hydrogen-bond donors (Lipinski definition) is 1. The van der Waals surface area contributed by atoms with Crippen molar-refractivity contribution in [1.82, 2.24) is 0 Å². The Morgan fingerprint density at radius 2 is 1.39 bits per heavy atom. The zero-order valence-electron chi connectivity index (χ0n) is 14.3. The molecule has 0 radical (unpaired) electrons. The van der Waals surface area contributed by atoms with Crippen LogP contribution in [-0.2, 0) is 14.3 Å². The van der Waals surface area contributed by atoms with Crippen LogP contribution in [0.4, 0.5) is 0 Å². The number of hydrogen-bond acceptors (Lipinski definition) is 3. The van der Waals surface area contributed by atoms with Crippen molar-refractivity contribution in [2.24, 2.45) is 0 Å². The molecule has 132 valence electrons. The third kappa shape index (κ3) is 15.1. The normalized spacial score (nSPS) is 10.5. The van der Waals surface area contributed by atoms with Crippen molar-refractivity contribution in [3.05, 3.63) is 25.3 Å². The minimum absolute atomic E-state index is 0.0170. The van der Waals surface area contributed by atoms with Crippen LogP contribution in [0.2, 0.25) is 0 Å². The summed E-state index contributed by atoms with van der Waals surface area (Å²) in [7, 11) is 0. The molecule has 0 bridgehead atoms. The van der Waals surface area contributed by atoms with Gasteiger partial charge in [-0.05, 0) is 64.2 Å². The van der Waals surface area contributed by atoms with Gasteiger partial charge < -0.3 is 9.84 Å². The van der Waals surface area contributed by atoms with E-state index in [0.29, 0.717) is 19.3 Å². The Balaban J connectivity index is 4.03. The van der Waals surface area contributed by atoms with Gasteiger partial charge in [0.25, 0.3) is 0 Å². The molecular weight excluding hydrogens is 292 g/mol. The fourth-order valence-corrected chi connectivity index (χ4v) is 2.37. The first-order valence-corrected chi connectivity index (χ1v) is 8.73. The Kier molecular flexibility index (Phi) is 14.3. The highest BCUT2D eigenvalue weighted by Gasteiger charge is 2.14. The molecule has 23 heavy (non-hydrogen) atoms. The van der Waals surface area contributed by atoms with Gasteiger partial charge in [0.2, 0.25) is 0 Å². The van der Waals surface area contributed by atoms with E-state index >= 15 is 0 Å². The molecular formula is C19H32O4. The third-order valence-electron chi connectivity index (χ3n) is 3.69. The maximum absolute atomic E-state index is 11.9. The minimum atomic E-state index is -0.819. The summed E-state index contributed by atoms with van der Waals surface area (Å²) in [6.07, 6.45) is 13.3. The standard InChI is InChI=1S/C19H32O4/c1-3-5-7-9-13-17(14-10-8-6-4-2)23-19(22)16-12-11-15-18(20)21/h3-4,17H,1-2,5-16H2,(H,20,21). The lowest BCUT2D eigenvalue weighted by Crippen LogP contribution is -2.18. The molecule has 0 aromatic heterocycles. The number of esters is 1. The Morgan fingerprint density at radius 1 is 0.870 bits per heavy atom. The second-order valence-corrected chi connectivity index (χ2v) is 5.86. The quantitative estimate of drug-likeness (QED) is 0.245. The average molecular weight is 324 g/mol. The Labute approximate surface area is 140 Å². The van der Waals surface area contributed by atoms with Crippen LogP contribution >= 0.6 is 0 Å². The molecule has 0 aromatic rings. The van der Waals surface area contributed by atoms with E-state index in [2.05, 4.69) is 13.2 Å². The van der Waals surface area contributed by atoms with Gasteiger partial charge in [0.15, 0.2) is 0 Å². The highest BCUT2D eigenvalue weighted by Crippen LogP contribution is 2.16. The van der Waals surface area contributed by atoms with Gasteiger partial charge in [-0.1, -0.05) is 12.2 Å². The van der Waals surface area contributed by atoms with Crippen LogP contribution in [0.1, 0.15) is 77.0 Å². The average Bonchev–Trinajstić information content (AvgIpc) is 2.51. The molecule has 0 unspecified atom stereocenters. The summed E-state index contributed by atoms with van der Waals surface area (Å²) >= 11 is 0. The molecule has 0 rings (SSSR count). The second kappa shape index (κ2) is 15.3. The first-order valence-electron chi connectivity index (χ1n) is 8.73. The van der Waals surface area contributed by atoms with Gasteiger partial charge >= 0.3 is 11.9 Å². The van der Waals surface area contributed by atoms with E-state index in [1.54, 1.807) is 0 Å². The molecule has 0 saturated heterocycles. The van der Waals surface area contributed by atoms with E-state index in [-0.39, 0.29) is 18.5 Å². The van der Waals surface area contributed by atoms with E-state index in [9.17, 15) is 9.59 Å². The number of allylic oxidation sites excluding steroid dienone is 2. The number of unbranched alkanes of at least 4 members (excludes halogenated alkanes) is 5. The molecule has 0 heterocycles. The molecule has 0 spiro atoms. The van der Waals surface area contributed by atoms with Crippen LogP contribution in [0.5, 0.6) is 0 Å². The van der Waals surface area contributed by atoms with Gasteiger partial charge in [0.1, 0.15) is 6.10 Å². The summed E-state index contributed by atoms with van der Waals surface area (Å²) in [5.41, 5.74) is 0. The monoisotopic (exact) mass is 324 g/mol. The van der Waals surface area contributed by atoms with Gasteiger partial charge in [-0.15, -0.1) is 13.2 Å². The topological polar surface area (TPSA) is 63.6 Å². The van der Waals surface area contributed by atoms with E-state index in [4.69, 9.17) is 9.84 Å². The smallest absolute Gasteiger partial charge is 0.306 e. The molecule has 0 aliphatic rings. The lowest BCUT2D eigenvalue weighted by Gasteiger charge is -2.18. The molecule has 0 fully saturated rings. The molecule has 0 atom stereocenters. The SMILES string of the molecule is C=CCCCCC(CCCCC=C)OC(=O)CCCCC(=O)O. The van der Waals surface area contributed by atoms with E-state index in [1.807, 2.05) is 12.2 Å². The third-order valence-corrected chi connectivity index (χ3v) is 3.69. The minimum Gasteiger partial charge on any atom is -0.481 e. The van der Waals surface area contributed by atoms with Crippen LogP contribution in [0, 0.1) is 0 Å². The molecule has 0 aliphatic carbocycles. The number of carboxylic acids is 1. The summed E-state index contributed by atoms with van der Waals surface area (Å²) in [5, 5.41) is 8.58. The van der Waals surface area contributed by atoms with Gasteiger partial charge in [0.05, 0.1) is 0 Å². The lowest BCUT2D eigenvalue weighted by atomic mass is 10.0. The fourth-order valence-electron chi connectivity index (χ4n) is 2.37.